The first kappa shape index (κ1) is 19.6. The Bertz CT molecular complexity index is 1140. The topological polar surface area (TPSA) is 92.4 Å². The maximum Gasteiger partial charge on any atom is 0.337 e. The average molecular weight is 413 g/mol. The number of H-pyrrole nitrogens is 1. The summed E-state index contributed by atoms with van der Waals surface area (Å²) in [4.78, 5) is 19.8. The third-order valence-corrected chi connectivity index (χ3v) is 7.32. The molecule has 0 unspecified atom stereocenters. The number of rotatable bonds is 4. The molecular weight excluding hydrogens is 390 g/mol. The van der Waals surface area contributed by atoms with Gasteiger partial charge in [-0.15, -0.1) is 0 Å². The van der Waals surface area contributed by atoms with E-state index in [0.717, 1.165) is 16.9 Å². The van der Waals surface area contributed by atoms with Crippen molar-refractivity contribution in [3.8, 4) is 0 Å². The Morgan fingerprint density at radius 2 is 1.83 bits per heavy atom. The van der Waals surface area contributed by atoms with E-state index in [4.69, 9.17) is 0 Å². The fourth-order valence-corrected chi connectivity index (χ4v) is 5.21. The minimum atomic E-state index is -3.60. The molecule has 0 atom stereocenters. The van der Waals surface area contributed by atoms with Crippen LogP contribution in [0.4, 0.5) is 0 Å². The van der Waals surface area contributed by atoms with E-state index in [9.17, 15) is 13.2 Å². The van der Waals surface area contributed by atoms with Crippen LogP contribution < -0.4 is 0 Å². The fraction of sp³-hybridized carbons (Fsp3) is 0.333. The van der Waals surface area contributed by atoms with Crippen molar-refractivity contribution in [2.75, 3.05) is 20.2 Å². The molecule has 0 amide bonds. The van der Waals surface area contributed by atoms with Crippen LogP contribution in [0.1, 0.15) is 40.5 Å². The summed E-state index contributed by atoms with van der Waals surface area (Å²) in [6.45, 7) is 2.91. The van der Waals surface area contributed by atoms with Gasteiger partial charge in [-0.05, 0) is 61.7 Å². The number of hydrogen-bond acceptors (Lipinski definition) is 5. The zero-order valence-corrected chi connectivity index (χ0v) is 17.2. The predicted molar refractivity (Wildman–Crippen MR) is 109 cm³/mol. The number of hydrogen-bond donors (Lipinski definition) is 1. The zero-order valence-electron chi connectivity index (χ0n) is 16.4. The number of methoxy groups -OCH3 is 1. The van der Waals surface area contributed by atoms with Gasteiger partial charge in [-0.1, -0.05) is 6.07 Å². The van der Waals surface area contributed by atoms with Gasteiger partial charge in [0.1, 0.15) is 5.82 Å². The molecule has 2 aromatic carbocycles. The number of sulfonamides is 1. The van der Waals surface area contributed by atoms with Gasteiger partial charge in [-0.2, -0.15) is 4.31 Å². The van der Waals surface area contributed by atoms with Gasteiger partial charge in [0.25, 0.3) is 0 Å². The first-order chi connectivity index (χ1) is 13.9. The lowest BCUT2D eigenvalue weighted by molar-refractivity contribution is 0.0600. The monoisotopic (exact) mass is 413 g/mol. The summed E-state index contributed by atoms with van der Waals surface area (Å²) >= 11 is 0. The minimum absolute atomic E-state index is 0.183. The number of aryl methyl sites for hydroxylation is 1. The lowest BCUT2D eigenvalue weighted by atomic mass is 9.97. The van der Waals surface area contributed by atoms with Gasteiger partial charge in [0.05, 0.1) is 28.6 Å². The highest BCUT2D eigenvalue weighted by molar-refractivity contribution is 7.89. The molecule has 2 heterocycles. The summed E-state index contributed by atoms with van der Waals surface area (Å²) in [6.07, 6.45) is 1.41. The van der Waals surface area contributed by atoms with Gasteiger partial charge in [0, 0.05) is 19.0 Å². The molecule has 3 aromatic rings. The summed E-state index contributed by atoms with van der Waals surface area (Å²) in [6, 6.07) is 12.0. The number of nitrogens with zero attached hydrogens (tertiary/aromatic N) is 2. The van der Waals surface area contributed by atoms with E-state index in [1.807, 2.05) is 19.1 Å². The molecule has 1 N–H and O–H groups in total. The molecule has 1 aliphatic rings. The Labute approximate surface area is 169 Å². The number of carbonyl (C=O) groups is 1. The van der Waals surface area contributed by atoms with Crippen LogP contribution in [0, 0.1) is 6.92 Å². The van der Waals surface area contributed by atoms with Crippen LogP contribution in [0.3, 0.4) is 0 Å². The summed E-state index contributed by atoms with van der Waals surface area (Å²) in [7, 11) is -2.30. The van der Waals surface area contributed by atoms with Gasteiger partial charge in [-0.25, -0.2) is 18.2 Å². The molecule has 1 fully saturated rings. The number of aromatic amines is 1. The second-order valence-corrected chi connectivity index (χ2v) is 9.27. The maximum atomic E-state index is 12.9. The van der Waals surface area contributed by atoms with E-state index in [2.05, 4.69) is 20.8 Å². The number of nitrogens with one attached hydrogen (secondary N) is 1. The lowest BCUT2D eigenvalue weighted by Gasteiger charge is -2.30. The summed E-state index contributed by atoms with van der Waals surface area (Å²) in [5, 5.41) is 0. The molecule has 0 bridgehead atoms. The number of imidazole rings is 1. The number of benzene rings is 2. The van der Waals surface area contributed by atoms with Crippen molar-refractivity contribution in [3.05, 3.63) is 59.4 Å². The quantitative estimate of drug-likeness (QED) is 0.663. The van der Waals surface area contributed by atoms with Crippen LogP contribution in [0.5, 0.6) is 0 Å². The third kappa shape index (κ3) is 3.77. The Balaban J connectivity index is 1.47. The second-order valence-electron chi connectivity index (χ2n) is 7.34. The van der Waals surface area contributed by atoms with E-state index in [1.54, 1.807) is 0 Å². The Hall–Kier alpha value is -2.71. The number of carbonyl (C=O) groups excluding carboxylic acids is 1. The SMILES string of the molecule is COC(=O)c1ccc(S(=O)(=O)N2CCC(c3nc4ccc(C)cc4[nH]3)CC2)cc1. The average Bonchev–Trinajstić information content (AvgIpc) is 3.16. The first-order valence-corrected chi connectivity index (χ1v) is 11.0. The van der Waals surface area contributed by atoms with Crippen molar-refractivity contribution in [2.45, 2.75) is 30.6 Å². The van der Waals surface area contributed by atoms with Gasteiger partial charge in [0.2, 0.25) is 10.0 Å². The van der Waals surface area contributed by atoms with Crippen LogP contribution in [-0.4, -0.2) is 48.9 Å². The van der Waals surface area contributed by atoms with Crippen LogP contribution in [0.15, 0.2) is 47.4 Å². The maximum absolute atomic E-state index is 12.9. The van der Waals surface area contributed by atoms with Crippen LogP contribution in [0.2, 0.25) is 0 Å². The van der Waals surface area contributed by atoms with Crippen molar-refractivity contribution < 1.29 is 17.9 Å². The van der Waals surface area contributed by atoms with Crippen molar-refractivity contribution in [3.63, 3.8) is 0 Å². The standard InChI is InChI=1S/C21H23N3O4S/c1-14-3-8-18-19(13-14)23-20(22-18)15-9-11-24(12-10-15)29(26,27)17-6-4-16(5-7-17)21(25)28-2/h3-8,13,15H,9-12H2,1-2H3,(H,22,23). The number of ether oxygens (including phenoxy) is 1. The normalized spacial score (nSPS) is 16.2. The van der Waals surface area contributed by atoms with Crippen molar-refractivity contribution in [2.24, 2.45) is 0 Å². The largest absolute Gasteiger partial charge is 0.465 e. The van der Waals surface area contributed by atoms with Gasteiger partial charge in [0.15, 0.2) is 0 Å². The number of piperidine rings is 1. The molecule has 29 heavy (non-hydrogen) atoms. The molecule has 8 heteroatoms. The van der Waals surface area contributed by atoms with Gasteiger partial charge >= 0.3 is 5.97 Å². The molecule has 1 aliphatic heterocycles. The Morgan fingerprint density at radius 1 is 1.14 bits per heavy atom. The predicted octanol–water partition coefficient (Wildman–Crippen LogP) is 3.23. The van der Waals surface area contributed by atoms with E-state index < -0.39 is 16.0 Å². The molecule has 7 nitrogen and oxygen atoms in total. The third-order valence-electron chi connectivity index (χ3n) is 5.41. The van der Waals surface area contributed by atoms with E-state index in [0.29, 0.717) is 31.5 Å². The highest BCUT2D eigenvalue weighted by Crippen LogP contribution is 2.30. The van der Waals surface area contributed by atoms with E-state index >= 15 is 0 Å². The molecule has 0 radical (unpaired) electrons. The van der Waals surface area contributed by atoms with Crippen molar-refractivity contribution in [1.29, 1.82) is 0 Å². The molecule has 1 saturated heterocycles. The summed E-state index contributed by atoms with van der Waals surface area (Å²) in [5.41, 5.74) is 3.45. The summed E-state index contributed by atoms with van der Waals surface area (Å²) in [5.74, 6) is 0.636. The van der Waals surface area contributed by atoms with Crippen LogP contribution in [0.25, 0.3) is 11.0 Å². The van der Waals surface area contributed by atoms with Crippen LogP contribution in [-0.2, 0) is 14.8 Å². The van der Waals surface area contributed by atoms with Gasteiger partial charge in [-0.3, -0.25) is 0 Å². The highest BCUT2D eigenvalue weighted by Gasteiger charge is 2.31. The molecular formula is C21H23N3O4S. The molecule has 152 valence electrons. The number of esters is 1. The summed E-state index contributed by atoms with van der Waals surface area (Å²) < 4.78 is 32.0. The molecule has 0 aliphatic carbocycles. The number of fused-ring (bicyclic) bond motifs is 1. The molecule has 0 spiro atoms. The van der Waals surface area contributed by atoms with Gasteiger partial charge < -0.3 is 9.72 Å². The Kier molecular flexibility index (Phi) is 5.14. The van der Waals surface area contributed by atoms with E-state index in [1.165, 1.54) is 41.2 Å². The molecule has 0 saturated carbocycles. The smallest absolute Gasteiger partial charge is 0.337 e. The highest BCUT2D eigenvalue weighted by atomic mass is 32.2. The first-order valence-electron chi connectivity index (χ1n) is 9.53. The second kappa shape index (κ2) is 7.61. The molecule has 4 rings (SSSR count). The number of aromatic nitrogens is 2. The zero-order chi connectivity index (χ0) is 20.6. The van der Waals surface area contributed by atoms with Crippen molar-refractivity contribution >= 4 is 27.0 Å². The van der Waals surface area contributed by atoms with Crippen LogP contribution >= 0.6 is 0 Å². The van der Waals surface area contributed by atoms with Crippen molar-refractivity contribution in [1.82, 2.24) is 14.3 Å². The minimum Gasteiger partial charge on any atom is -0.465 e. The van der Waals surface area contributed by atoms with E-state index in [-0.39, 0.29) is 10.8 Å². The Morgan fingerprint density at radius 3 is 2.48 bits per heavy atom. The lowest BCUT2D eigenvalue weighted by Crippen LogP contribution is -2.38. The fourth-order valence-electron chi connectivity index (χ4n) is 3.74. The molecule has 1 aromatic heterocycles.